The molecule has 0 radical (unpaired) electrons. The van der Waals surface area contributed by atoms with E-state index < -0.39 is 15.7 Å². The normalized spacial score (nSPS) is 17.1. The van der Waals surface area contributed by atoms with Crippen molar-refractivity contribution in [1.29, 1.82) is 0 Å². The summed E-state index contributed by atoms with van der Waals surface area (Å²) in [4.78, 5) is 0. The van der Waals surface area contributed by atoms with Crippen molar-refractivity contribution in [2.75, 3.05) is 0 Å². The van der Waals surface area contributed by atoms with E-state index in [4.69, 9.17) is 0 Å². The van der Waals surface area contributed by atoms with Crippen molar-refractivity contribution in [3.63, 3.8) is 0 Å². The summed E-state index contributed by atoms with van der Waals surface area (Å²) < 4.78 is 6.65. The topological polar surface area (TPSA) is 0 Å². The van der Waals surface area contributed by atoms with Gasteiger partial charge in [-0.2, -0.15) is 0 Å². The summed E-state index contributed by atoms with van der Waals surface area (Å²) in [6.45, 7) is 4.85. The molecular weight excluding hydrogens is 739 g/mol. The molecule has 2 unspecified atom stereocenters. The van der Waals surface area contributed by atoms with Gasteiger partial charge >= 0.3 is 269 Å². The Hall–Kier alpha value is -2.67. The molecule has 2 aliphatic carbocycles. The number of halogens is 2. The van der Waals surface area contributed by atoms with Crippen LogP contribution in [0.3, 0.4) is 0 Å². The van der Waals surface area contributed by atoms with Gasteiger partial charge in [0.25, 0.3) is 0 Å². The van der Waals surface area contributed by atoms with Gasteiger partial charge in [-0.3, -0.25) is 0 Å². The molecule has 6 aromatic rings. The quantitative estimate of drug-likeness (QED) is 0.156. The zero-order valence-corrected chi connectivity index (χ0v) is 33.9. The summed E-state index contributed by atoms with van der Waals surface area (Å²) >= 11 is -2.14. The van der Waals surface area contributed by atoms with Crippen LogP contribution in [-0.4, -0.2) is 12.1 Å². The largest absolute Gasteiger partial charge is 0.147 e. The molecule has 0 saturated heterocycles. The molecule has 0 saturated carbocycles. The van der Waals surface area contributed by atoms with Crippen LogP contribution >= 0.6 is 24.8 Å². The zero-order chi connectivity index (χ0) is 30.2. The van der Waals surface area contributed by atoms with Crippen molar-refractivity contribution in [2.45, 2.75) is 30.4 Å². The molecule has 0 amide bonds. The Bertz CT molecular complexity index is 2140. The molecule has 0 spiro atoms. The first-order valence-corrected chi connectivity index (χ1v) is 34.1. The molecule has 0 heterocycles. The molecule has 46 heavy (non-hydrogen) atoms. The maximum absolute atomic E-state index is 3.53. The van der Waals surface area contributed by atoms with Crippen LogP contribution in [0.4, 0.5) is 0 Å². The fraction of sp³-hybridized carbons (Fsp3) is 0.143. The minimum Gasteiger partial charge on any atom is -0.147 e. The predicted molar refractivity (Wildman–Crippen MR) is 206 cm³/mol. The van der Waals surface area contributed by atoms with Crippen molar-refractivity contribution in [2.24, 2.45) is 0 Å². The third-order valence-corrected chi connectivity index (χ3v) is 33.8. The van der Waals surface area contributed by atoms with Gasteiger partial charge in [0, 0.05) is 0 Å². The third kappa shape index (κ3) is 5.05. The standard InChI is InChI=1S/2C20H15.2CH3.2ClH.GeH2.Zr/c2*1-14-12-16-8-5-11-19(20(16)13-14)18-10-4-7-15-6-2-3-9-17(15)18;;;;;;/h2*2-13H,1H3;2*1H3;2*1H;1H2;. The SMILES string of the molecule is CC1=Cc2c(-c3cccc4ccccc34)cccc2[CH]1[Zr]([CH3])([CH3])(=[GeH2])[CH]1C(C)=Cc2c(-c3cccc4ccccc34)cccc21.Cl.Cl. The monoisotopic (exact) mass is 778 g/mol. The van der Waals surface area contributed by atoms with Crippen molar-refractivity contribution < 1.29 is 15.7 Å². The van der Waals surface area contributed by atoms with E-state index in [9.17, 15) is 0 Å². The minimum atomic E-state index is -3.53. The van der Waals surface area contributed by atoms with Crippen LogP contribution in [0.2, 0.25) is 9.26 Å². The van der Waals surface area contributed by atoms with E-state index in [2.05, 4.69) is 157 Å². The van der Waals surface area contributed by atoms with Gasteiger partial charge in [-0.15, -0.1) is 24.8 Å². The third-order valence-electron chi connectivity index (χ3n) is 10.6. The molecule has 0 nitrogen and oxygen atoms in total. The first kappa shape index (κ1) is 33.2. The van der Waals surface area contributed by atoms with Crippen LogP contribution in [0.5, 0.6) is 0 Å². The Kier molecular flexibility index (Phi) is 8.73. The molecule has 0 aromatic heterocycles. The number of hydrogen-bond acceptors (Lipinski definition) is 0. The van der Waals surface area contributed by atoms with E-state index in [1.165, 1.54) is 67.1 Å². The van der Waals surface area contributed by atoms with E-state index in [-0.39, 0.29) is 24.8 Å². The van der Waals surface area contributed by atoms with Gasteiger partial charge in [0.15, 0.2) is 0 Å². The molecule has 2 aliphatic rings. The second-order valence-corrected chi connectivity index (χ2v) is 59.2. The summed E-state index contributed by atoms with van der Waals surface area (Å²) in [5.41, 5.74) is 14.6. The molecule has 4 heteroatoms. The maximum Gasteiger partial charge on any atom is -0.147 e. The van der Waals surface area contributed by atoms with E-state index in [0.29, 0.717) is 7.25 Å². The Morgan fingerprint density at radius 3 is 1.24 bits per heavy atom. The second kappa shape index (κ2) is 12.1. The first-order chi connectivity index (χ1) is 21.2. The maximum atomic E-state index is 2.78. The van der Waals surface area contributed by atoms with E-state index in [0.717, 1.165) is 0 Å². The number of hydrogen-bond donors (Lipinski definition) is 0. The van der Waals surface area contributed by atoms with Crippen LogP contribution < -0.4 is 0 Å². The van der Waals surface area contributed by atoms with Crippen molar-refractivity contribution in [1.82, 2.24) is 0 Å². The number of benzene rings is 6. The summed E-state index contributed by atoms with van der Waals surface area (Å²) in [5, 5.41) is 5.29. The Morgan fingerprint density at radius 1 is 0.457 bits per heavy atom. The van der Waals surface area contributed by atoms with Crippen molar-refractivity contribution in [3.8, 4) is 22.3 Å². The predicted octanol–water partition coefficient (Wildman–Crippen LogP) is 12.1. The average Bonchev–Trinajstić information content (AvgIpc) is 3.57. The van der Waals surface area contributed by atoms with Gasteiger partial charge in [0.05, 0.1) is 0 Å². The first-order valence-electron chi connectivity index (χ1n) is 15.9. The van der Waals surface area contributed by atoms with Crippen LogP contribution in [0.1, 0.15) is 43.4 Å². The summed E-state index contributed by atoms with van der Waals surface area (Å²) in [7, 11) is 0. The van der Waals surface area contributed by atoms with Crippen LogP contribution in [0.15, 0.2) is 132 Å². The number of rotatable bonds is 4. The summed E-state index contributed by atoms with van der Waals surface area (Å²) in [6, 6.07) is 45.4. The van der Waals surface area contributed by atoms with Gasteiger partial charge < -0.3 is 0 Å². The van der Waals surface area contributed by atoms with Gasteiger partial charge in [-0.05, 0) is 0 Å². The van der Waals surface area contributed by atoms with E-state index >= 15 is 0 Å². The van der Waals surface area contributed by atoms with Gasteiger partial charge in [0.1, 0.15) is 0 Å². The van der Waals surface area contributed by atoms with Gasteiger partial charge in [-0.1, -0.05) is 0 Å². The molecule has 0 aliphatic heterocycles. The minimum absolute atomic E-state index is 0. The van der Waals surface area contributed by atoms with Crippen molar-refractivity contribution in [3.05, 3.63) is 155 Å². The Morgan fingerprint density at radius 2 is 0.804 bits per heavy atom. The molecule has 0 fully saturated rings. The molecule has 2 atom stereocenters. The van der Waals surface area contributed by atoms with E-state index in [1.807, 2.05) is 0 Å². The molecule has 8 rings (SSSR count). The molecular formula is C42H40Cl2GeZr. The molecule has 230 valence electrons. The molecule has 6 aromatic carbocycles. The Labute approximate surface area is 291 Å². The van der Waals surface area contributed by atoms with E-state index in [1.54, 1.807) is 22.3 Å². The summed E-state index contributed by atoms with van der Waals surface area (Å²) in [6.07, 6.45) is 5.10. The smallest absolute Gasteiger partial charge is 0.147 e. The zero-order valence-electron chi connectivity index (χ0n) is 26.9. The average molecular weight is 780 g/mol. The second-order valence-electron chi connectivity index (χ2n) is 14.2. The van der Waals surface area contributed by atoms with Gasteiger partial charge in [0.2, 0.25) is 0 Å². The molecule has 0 N–H and O–H groups in total. The Balaban J connectivity index is 0.00000186. The van der Waals surface area contributed by atoms with Crippen LogP contribution in [-0.2, 0) is 15.7 Å². The molecule has 0 bridgehead atoms. The van der Waals surface area contributed by atoms with Gasteiger partial charge in [-0.25, -0.2) is 0 Å². The van der Waals surface area contributed by atoms with Crippen molar-refractivity contribution >= 4 is 70.7 Å². The van der Waals surface area contributed by atoms with Crippen LogP contribution in [0.25, 0.3) is 56.0 Å². The fourth-order valence-corrected chi connectivity index (χ4v) is 37.5. The van der Waals surface area contributed by atoms with Crippen LogP contribution in [0, 0.1) is 0 Å². The summed E-state index contributed by atoms with van der Waals surface area (Å²) in [5.74, 6) is 0. The fourth-order valence-electron chi connectivity index (χ4n) is 9.18. The number of fused-ring (bicyclic) bond motifs is 4. The number of allylic oxidation sites excluding steroid dienone is 2.